The molecular formula is C9H14N4O2. The second-order valence-corrected chi connectivity index (χ2v) is 2.97. The number of nitrogens with two attached hydrogens (primary N) is 1. The van der Waals surface area contributed by atoms with Crippen LogP contribution in [0.25, 0.3) is 0 Å². The summed E-state index contributed by atoms with van der Waals surface area (Å²) < 4.78 is 11.4. The quantitative estimate of drug-likeness (QED) is 0.746. The summed E-state index contributed by atoms with van der Waals surface area (Å²) in [6, 6.07) is 2.02. The van der Waals surface area contributed by atoms with Gasteiger partial charge in [0.15, 0.2) is 0 Å². The molecule has 1 heterocycles. The van der Waals surface area contributed by atoms with Gasteiger partial charge in [-0.05, 0) is 0 Å². The van der Waals surface area contributed by atoms with E-state index in [4.69, 9.17) is 20.5 Å². The Morgan fingerprint density at radius 3 is 2.73 bits per heavy atom. The Morgan fingerprint density at radius 1 is 1.47 bits per heavy atom. The Labute approximate surface area is 88.2 Å². The van der Waals surface area contributed by atoms with Crippen molar-refractivity contribution < 1.29 is 9.47 Å². The van der Waals surface area contributed by atoms with E-state index in [1.165, 1.54) is 0 Å². The van der Waals surface area contributed by atoms with Gasteiger partial charge in [-0.3, -0.25) is 0 Å². The van der Waals surface area contributed by atoms with Crippen LogP contribution in [-0.4, -0.2) is 30.6 Å². The summed E-state index contributed by atoms with van der Waals surface area (Å²) in [5.41, 5.74) is 6.70. The Morgan fingerprint density at radius 2 is 2.20 bits per heavy atom. The van der Waals surface area contributed by atoms with Gasteiger partial charge in [0.05, 0.1) is 19.8 Å². The second kappa shape index (κ2) is 5.34. The standard InChI is InChI=1S/C9H14N4O2/c1-14-4-3-13-9(11)7(5-10)8(12-13)6-15-2/h3-4,6,11H2,1-2H3. The predicted molar refractivity (Wildman–Crippen MR) is 53.9 cm³/mol. The lowest BCUT2D eigenvalue weighted by molar-refractivity contribution is 0.175. The number of aromatic nitrogens is 2. The highest BCUT2D eigenvalue weighted by Crippen LogP contribution is 2.16. The number of methoxy groups -OCH3 is 2. The summed E-state index contributed by atoms with van der Waals surface area (Å²) in [5.74, 6) is 0.363. The summed E-state index contributed by atoms with van der Waals surface area (Å²) in [7, 11) is 3.15. The van der Waals surface area contributed by atoms with Crippen LogP contribution >= 0.6 is 0 Å². The lowest BCUT2D eigenvalue weighted by atomic mass is 10.2. The first-order valence-electron chi connectivity index (χ1n) is 4.47. The van der Waals surface area contributed by atoms with Crippen LogP contribution in [0.2, 0.25) is 0 Å². The van der Waals surface area contributed by atoms with Gasteiger partial charge >= 0.3 is 0 Å². The van der Waals surface area contributed by atoms with Gasteiger partial charge in [0.2, 0.25) is 0 Å². The monoisotopic (exact) mass is 210 g/mol. The molecule has 0 aliphatic carbocycles. The molecule has 1 rings (SSSR count). The fourth-order valence-corrected chi connectivity index (χ4v) is 1.23. The van der Waals surface area contributed by atoms with Crippen LogP contribution in [0.4, 0.5) is 5.82 Å². The third-order valence-corrected chi connectivity index (χ3v) is 1.96. The molecule has 0 aromatic carbocycles. The molecule has 0 aliphatic rings. The summed E-state index contributed by atoms with van der Waals surface area (Å²) in [5, 5.41) is 13.1. The number of nitrogen functional groups attached to an aromatic ring is 1. The van der Waals surface area contributed by atoms with Crippen LogP contribution in [0.3, 0.4) is 0 Å². The van der Waals surface area contributed by atoms with Crippen molar-refractivity contribution in [1.82, 2.24) is 9.78 Å². The van der Waals surface area contributed by atoms with Crippen molar-refractivity contribution in [1.29, 1.82) is 5.26 Å². The molecular weight excluding hydrogens is 196 g/mol. The van der Waals surface area contributed by atoms with Crippen LogP contribution < -0.4 is 5.73 Å². The van der Waals surface area contributed by atoms with Gasteiger partial charge in [0, 0.05) is 14.2 Å². The van der Waals surface area contributed by atoms with E-state index in [1.54, 1.807) is 18.9 Å². The SMILES string of the molecule is COCCn1nc(COC)c(C#N)c1N. The summed E-state index contributed by atoms with van der Waals surface area (Å²) in [6.45, 7) is 1.32. The zero-order valence-electron chi connectivity index (χ0n) is 8.86. The van der Waals surface area contributed by atoms with Crippen LogP contribution in [0, 0.1) is 11.3 Å². The van der Waals surface area contributed by atoms with Gasteiger partial charge < -0.3 is 15.2 Å². The lowest BCUT2D eigenvalue weighted by Crippen LogP contribution is -2.09. The van der Waals surface area contributed by atoms with Gasteiger partial charge in [-0.2, -0.15) is 10.4 Å². The lowest BCUT2D eigenvalue weighted by Gasteiger charge is -2.01. The molecule has 2 N–H and O–H groups in total. The van der Waals surface area contributed by atoms with E-state index in [0.717, 1.165) is 0 Å². The van der Waals surface area contributed by atoms with Crippen LogP contribution in [-0.2, 0) is 22.6 Å². The van der Waals surface area contributed by atoms with Gasteiger partial charge in [-0.1, -0.05) is 0 Å². The predicted octanol–water partition coefficient (Wildman–Crippen LogP) is 0.130. The van der Waals surface area contributed by atoms with Crippen LogP contribution in [0.1, 0.15) is 11.3 Å². The number of hydrogen-bond acceptors (Lipinski definition) is 5. The summed E-state index contributed by atoms with van der Waals surface area (Å²) in [6.07, 6.45) is 0. The number of hydrogen-bond donors (Lipinski definition) is 1. The molecule has 0 unspecified atom stereocenters. The van der Waals surface area contributed by atoms with Crippen LogP contribution in [0.15, 0.2) is 0 Å². The van der Waals surface area contributed by atoms with Gasteiger partial charge in [0.25, 0.3) is 0 Å². The van der Waals surface area contributed by atoms with Crippen molar-refractivity contribution in [2.45, 2.75) is 13.2 Å². The molecule has 6 heteroatoms. The number of rotatable bonds is 5. The molecule has 1 aromatic rings. The largest absolute Gasteiger partial charge is 0.383 e. The van der Waals surface area contributed by atoms with Crippen molar-refractivity contribution in [3.63, 3.8) is 0 Å². The minimum Gasteiger partial charge on any atom is -0.383 e. The molecule has 1 aromatic heterocycles. The number of ether oxygens (including phenoxy) is 2. The molecule has 6 nitrogen and oxygen atoms in total. The van der Waals surface area contributed by atoms with E-state index in [0.29, 0.717) is 30.2 Å². The van der Waals surface area contributed by atoms with E-state index in [1.807, 2.05) is 6.07 Å². The molecule has 0 spiro atoms. The smallest absolute Gasteiger partial charge is 0.140 e. The molecule has 0 fully saturated rings. The highest BCUT2D eigenvalue weighted by molar-refractivity contribution is 5.51. The van der Waals surface area contributed by atoms with Gasteiger partial charge in [-0.15, -0.1) is 0 Å². The topological polar surface area (TPSA) is 86.1 Å². The van der Waals surface area contributed by atoms with E-state index in [9.17, 15) is 0 Å². The number of anilines is 1. The number of nitriles is 1. The number of nitrogens with zero attached hydrogens (tertiary/aromatic N) is 3. The molecule has 15 heavy (non-hydrogen) atoms. The second-order valence-electron chi connectivity index (χ2n) is 2.97. The normalized spacial score (nSPS) is 10.2. The molecule has 0 saturated carbocycles. The highest BCUT2D eigenvalue weighted by Gasteiger charge is 2.14. The van der Waals surface area contributed by atoms with Gasteiger partial charge in [-0.25, -0.2) is 4.68 Å². The Balaban J connectivity index is 2.94. The first kappa shape index (κ1) is 11.5. The van der Waals surface area contributed by atoms with Crippen molar-refractivity contribution in [3.8, 4) is 6.07 Å². The van der Waals surface area contributed by atoms with Crippen LogP contribution in [0.5, 0.6) is 0 Å². The molecule has 82 valence electrons. The first-order chi connectivity index (χ1) is 7.24. The van der Waals surface area contributed by atoms with Crippen molar-refractivity contribution in [3.05, 3.63) is 11.3 Å². The van der Waals surface area contributed by atoms with Crippen molar-refractivity contribution in [2.75, 3.05) is 26.6 Å². The minimum absolute atomic E-state index is 0.285. The maximum atomic E-state index is 8.89. The summed E-state index contributed by atoms with van der Waals surface area (Å²) >= 11 is 0. The van der Waals surface area contributed by atoms with Crippen molar-refractivity contribution >= 4 is 5.82 Å². The third kappa shape index (κ3) is 2.46. The van der Waals surface area contributed by atoms with Gasteiger partial charge in [0.1, 0.15) is 23.1 Å². The highest BCUT2D eigenvalue weighted by atomic mass is 16.5. The van der Waals surface area contributed by atoms with E-state index < -0.39 is 0 Å². The first-order valence-corrected chi connectivity index (χ1v) is 4.47. The zero-order valence-corrected chi connectivity index (χ0v) is 8.86. The average molecular weight is 210 g/mol. The third-order valence-electron chi connectivity index (χ3n) is 1.96. The molecule has 0 atom stereocenters. The fourth-order valence-electron chi connectivity index (χ4n) is 1.23. The average Bonchev–Trinajstić information content (AvgIpc) is 2.52. The maximum absolute atomic E-state index is 8.89. The van der Waals surface area contributed by atoms with E-state index in [2.05, 4.69) is 5.10 Å². The van der Waals surface area contributed by atoms with Crippen molar-refractivity contribution in [2.24, 2.45) is 0 Å². The minimum atomic E-state index is 0.285. The molecule has 0 bridgehead atoms. The van der Waals surface area contributed by atoms with E-state index >= 15 is 0 Å². The molecule has 0 saturated heterocycles. The zero-order chi connectivity index (χ0) is 11.3. The Bertz CT molecular complexity index is 367. The van der Waals surface area contributed by atoms with E-state index in [-0.39, 0.29) is 6.61 Å². The maximum Gasteiger partial charge on any atom is 0.140 e. The Hall–Kier alpha value is -1.58. The Kier molecular flexibility index (Phi) is 4.09. The fraction of sp³-hybridized carbons (Fsp3) is 0.556. The molecule has 0 amide bonds. The molecule has 0 aliphatic heterocycles. The molecule has 0 radical (unpaired) electrons. The summed E-state index contributed by atoms with van der Waals surface area (Å²) in [4.78, 5) is 0.